The standard InChI is InChI=1S/C16H24N6O5/c17-9(24)5-3-1-2-4-8(23)13-11(25)12(26)16(27-13)22-7-21-10-14(18)19-6-20-15(10)22/h6-8,11-13,16,23,25-26H,1-5H2,(H2,17,24)(H2,18,19,20)/t8?,11-,12+,13+,16+/m0/s1. The fourth-order valence-corrected chi connectivity index (χ4v) is 3.28. The Morgan fingerprint density at radius 2 is 2.00 bits per heavy atom. The number of anilines is 1. The zero-order valence-corrected chi connectivity index (χ0v) is 14.7. The van der Waals surface area contributed by atoms with E-state index in [2.05, 4.69) is 15.0 Å². The van der Waals surface area contributed by atoms with Gasteiger partial charge in [-0.25, -0.2) is 15.0 Å². The van der Waals surface area contributed by atoms with Gasteiger partial charge in [-0.1, -0.05) is 12.8 Å². The number of nitrogen functional groups attached to an aromatic ring is 1. The van der Waals surface area contributed by atoms with Gasteiger partial charge in [-0.3, -0.25) is 9.36 Å². The third-order valence-electron chi connectivity index (χ3n) is 4.74. The molecule has 3 rings (SSSR count). The number of ether oxygens (including phenoxy) is 1. The van der Waals surface area contributed by atoms with Crippen LogP contribution in [0.1, 0.15) is 38.3 Å². The molecule has 0 saturated carbocycles. The Morgan fingerprint density at radius 3 is 2.74 bits per heavy atom. The number of primary amides is 1. The number of hydrogen-bond donors (Lipinski definition) is 5. The lowest BCUT2D eigenvalue weighted by atomic mass is 10.00. The fraction of sp³-hybridized carbons (Fsp3) is 0.625. The Hall–Kier alpha value is -2.34. The summed E-state index contributed by atoms with van der Waals surface area (Å²) < 4.78 is 7.19. The summed E-state index contributed by atoms with van der Waals surface area (Å²) in [6.07, 6.45) is -0.103. The van der Waals surface area contributed by atoms with Gasteiger partial charge in [0.15, 0.2) is 17.7 Å². The first-order chi connectivity index (χ1) is 12.9. The van der Waals surface area contributed by atoms with Crippen molar-refractivity contribution < 1.29 is 24.9 Å². The molecule has 3 heterocycles. The predicted octanol–water partition coefficient (Wildman–Crippen LogP) is -1.18. The quantitative estimate of drug-likeness (QED) is 0.352. The fourth-order valence-electron chi connectivity index (χ4n) is 3.28. The molecule has 148 valence electrons. The second kappa shape index (κ2) is 8.13. The lowest BCUT2D eigenvalue weighted by molar-refractivity contribution is -0.118. The Labute approximate surface area is 155 Å². The number of aliphatic hydroxyl groups is 3. The summed E-state index contributed by atoms with van der Waals surface area (Å²) >= 11 is 0. The van der Waals surface area contributed by atoms with Gasteiger partial charge in [-0.2, -0.15) is 0 Å². The Morgan fingerprint density at radius 1 is 1.22 bits per heavy atom. The highest BCUT2D eigenvalue weighted by Crippen LogP contribution is 2.34. The molecule has 27 heavy (non-hydrogen) atoms. The van der Waals surface area contributed by atoms with Crippen molar-refractivity contribution in [1.82, 2.24) is 19.5 Å². The minimum Gasteiger partial charge on any atom is -0.390 e. The number of fused-ring (bicyclic) bond motifs is 1. The maximum atomic E-state index is 10.7. The normalized spacial score (nSPS) is 26.5. The number of carbonyl (C=O) groups is 1. The first-order valence-electron chi connectivity index (χ1n) is 8.81. The van der Waals surface area contributed by atoms with E-state index in [4.69, 9.17) is 16.2 Å². The van der Waals surface area contributed by atoms with Gasteiger partial charge in [0.1, 0.15) is 30.2 Å². The zero-order chi connectivity index (χ0) is 19.6. The Balaban J connectivity index is 1.64. The van der Waals surface area contributed by atoms with Gasteiger partial charge < -0.3 is 31.5 Å². The van der Waals surface area contributed by atoms with Gasteiger partial charge in [0.05, 0.1) is 12.4 Å². The molecule has 11 nitrogen and oxygen atoms in total. The second-order valence-corrected chi connectivity index (χ2v) is 6.69. The molecular weight excluding hydrogens is 356 g/mol. The maximum Gasteiger partial charge on any atom is 0.217 e. The number of aromatic nitrogens is 4. The number of hydrogen-bond acceptors (Lipinski definition) is 9. The summed E-state index contributed by atoms with van der Waals surface area (Å²) in [4.78, 5) is 22.8. The molecule has 0 spiro atoms. The molecule has 2 aromatic rings. The molecule has 7 N–H and O–H groups in total. The van der Waals surface area contributed by atoms with Crippen LogP contribution in [-0.2, 0) is 9.53 Å². The number of carbonyl (C=O) groups excluding carboxylic acids is 1. The maximum absolute atomic E-state index is 10.7. The number of nitrogens with zero attached hydrogens (tertiary/aromatic N) is 4. The summed E-state index contributed by atoms with van der Waals surface area (Å²) in [6, 6.07) is 0. The van der Waals surface area contributed by atoms with E-state index in [1.165, 1.54) is 17.2 Å². The van der Waals surface area contributed by atoms with Crippen molar-refractivity contribution in [3.63, 3.8) is 0 Å². The van der Waals surface area contributed by atoms with Crippen molar-refractivity contribution in [2.75, 3.05) is 5.73 Å². The smallest absolute Gasteiger partial charge is 0.217 e. The van der Waals surface area contributed by atoms with Crippen LogP contribution in [-0.4, -0.2) is 65.2 Å². The molecule has 1 aliphatic rings. The number of rotatable bonds is 8. The van der Waals surface area contributed by atoms with E-state index in [9.17, 15) is 20.1 Å². The lowest BCUT2D eigenvalue weighted by Crippen LogP contribution is -2.38. The average molecular weight is 380 g/mol. The lowest BCUT2D eigenvalue weighted by Gasteiger charge is -2.21. The van der Waals surface area contributed by atoms with Gasteiger partial charge in [0.2, 0.25) is 5.91 Å². The van der Waals surface area contributed by atoms with E-state index in [1.54, 1.807) is 0 Å². The van der Waals surface area contributed by atoms with Crippen molar-refractivity contribution >= 4 is 22.9 Å². The Kier molecular flexibility index (Phi) is 5.85. The second-order valence-electron chi connectivity index (χ2n) is 6.69. The third kappa shape index (κ3) is 4.00. The van der Waals surface area contributed by atoms with E-state index in [1.807, 2.05) is 0 Å². The zero-order valence-electron chi connectivity index (χ0n) is 14.7. The molecule has 0 aliphatic carbocycles. The van der Waals surface area contributed by atoms with Crippen molar-refractivity contribution in [3.8, 4) is 0 Å². The minimum atomic E-state index is -1.27. The monoisotopic (exact) mass is 380 g/mol. The molecule has 1 fully saturated rings. The first kappa shape index (κ1) is 19.4. The van der Waals surface area contributed by atoms with Gasteiger partial charge in [0, 0.05) is 6.42 Å². The summed E-state index contributed by atoms with van der Waals surface area (Å²) in [5.41, 5.74) is 11.6. The van der Waals surface area contributed by atoms with Gasteiger partial charge >= 0.3 is 0 Å². The van der Waals surface area contributed by atoms with Crippen LogP contribution in [0, 0.1) is 0 Å². The highest BCUT2D eigenvalue weighted by atomic mass is 16.6. The third-order valence-corrected chi connectivity index (χ3v) is 4.74. The van der Waals surface area contributed by atoms with E-state index in [0.29, 0.717) is 36.8 Å². The molecule has 2 aromatic heterocycles. The summed E-state index contributed by atoms with van der Waals surface area (Å²) in [5, 5.41) is 31.1. The molecule has 1 saturated heterocycles. The van der Waals surface area contributed by atoms with E-state index in [-0.39, 0.29) is 11.7 Å². The van der Waals surface area contributed by atoms with Crippen LogP contribution in [0.5, 0.6) is 0 Å². The molecule has 1 aliphatic heterocycles. The SMILES string of the molecule is NC(=O)CCCCCC(O)[C@H]1O[C@@H](n2cnc3c(N)ncnc32)[C@H](O)[C@@H]1O. The van der Waals surface area contributed by atoms with Crippen molar-refractivity contribution in [2.45, 2.75) is 62.7 Å². The van der Waals surface area contributed by atoms with E-state index in [0.717, 1.165) is 6.42 Å². The summed E-state index contributed by atoms with van der Waals surface area (Å²) in [5.74, 6) is -0.160. The van der Waals surface area contributed by atoms with Crippen LogP contribution in [0.2, 0.25) is 0 Å². The molecule has 0 aromatic carbocycles. The molecule has 0 bridgehead atoms. The molecule has 11 heteroatoms. The number of unbranched alkanes of at least 4 members (excludes halogenated alkanes) is 2. The molecule has 5 atom stereocenters. The van der Waals surface area contributed by atoms with Crippen LogP contribution in [0.3, 0.4) is 0 Å². The largest absolute Gasteiger partial charge is 0.390 e. The van der Waals surface area contributed by atoms with Gasteiger partial charge in [0.25, 0.3) is 0 Å². The summed E-state index contributed by atoms with van der Waals surface area (Å²) in [7, 11) is 0. The van der Waals surface area contributed by atoms with Crippen molar-refractivity contribution in [1.29, 1.82) is 0 Å². The van der Waals surface area contributed by atoms with Gasteiger partial charge in [-0.15, -0.1) is 0 Å². The predicted molar refractivity (Wildman–Crippen MR) is 93.9 cm³/mol. The molecule has 0 radical (unpaired) electrons. The van der Waals surface area contributed by atoms with Crippen molar-refractivity contribution in [3.05, 3.63) is 12.7 Å². The Bertz CT molecular complexity index is 799. The average Bonchev–Trinajstić information content (AvgIpc) is 3.17. The summed E-state index contributed by atoms with van der Waals surface area (Å²) in [6.45, 7) is 0. The van der Waals surface area contributed by atoms with Gasteiger partial charge in [-0.05, 0) is 12.8 Å². The van der Waals surface area contributed by atoms with Crippen LogP contribution in [0.15, 0.2) is 12.7 Å². The van der Waals surface area contributed by atoms with Crippen LogP contribution in [0.25, 0.3) is 11.2 Å². The molecule has 1 unspecified atom stereocenters. The van der Waals surface area contributed by atoms with Crippen LogP contribution in [0.4, 0.5) is 5.82 Å². The first-order valence-corrected chi connectivity index (χ1v) is 8.81. The van der Waals surface area contributed by atoms with E-state index >= 15 is 0 Å². The number of nitrogens with two attached hydrogens (primary N) is 2. The number of aliphatic hydroxyl groups excluding tert-OH is 3. The highest BCUT2D eigenvalue weighted by molar-refractivity contribution is 5.81. The molecule has 1 amide bonds. The van der Waals surface area contributed by atoms with Crippen molar-refractivity contribution in [2.24, 2.45) is 5.73 Å². The topological polar surface area (TPSA) is 183 Å². The number of imidazole rings is 1. The van der Waals surface area contributed by atoms with Crippen LogP contribution >= 0.6 is 0 Å². The van der Waals surface area contributed by atoms with Crippen LogP contribution < -0.4 is 11.5 Å². The minimum absolute atomic E-state index is 0.194. The number of amides is 1. The molecular formula is C16H24N6O5. The van der Waals surface area contributed by atoms with E-state index < -0.39 is 30.6 Å². The highest BCUT2D eigenvalue weighted by Gasteiger charge is 2.47.